The Morgan fingerprint density at radius 1 is 0.938 bits per heavy atom. The molecule has 0 fully saturated rings. The van der Waals surface area contributed by atoms with Crippen LogP contribution in [0.2, 0.25) is 0 Å². The maximum absolute atomic E-state index is 10.8. The third kappa shape index (κ3) is 11.0. The molecule has 0 aromatic rings. The normalized spacial score (nSPS) is 11.9. The molecule has 0 aliphatic heterocycles. The van der Waals surface area contributed by atoms with Crippen LogP contribution in [-0.4, -0.2) is 5.97 Å². The molecule has 0 amide bonds. The van der Waals surface area contributed by atoms with Crippen LogP contribution in [0.3, 0.4) is 0 Å². The van der Waals surface area contributed by atoms with Crippen LogP contribution >= 0.6 is 0 Å². The number of carbonyl (C=O) groups excluding carboxylic acids is 1. The van der Waals surface area contributed by atoms with Crippen molar-refractivity contribution >= 4 is 5.97 Å². The van der Waals surface area contributed by atoms with E-state index in [2.05, 4.69) is 13.8 Å². The van der Waals surface area contributed by atoms with Crippen molar-refractivity contribution in [2.75, 3.05) is 0 Å². The fourth-order valence-corrected chi connectivity index (χ4v) is 1.84. The average molecular weight is 236 g/mol. The van der Waals surface area contributed by atoms with Gasteiger partial charge in [0.15, 0.2) is 0 Å². The van der Waals surface area contributed by atoms with Crippen molar-refractivity contribution in [2.24, 2.45) is 5.92 Å². The van der Waals surface area contributed by atoms with Crippen LogP contribution in [0.4, 0.5) is 0 Å². The molecule has 16 heavy (non-hydrogen) atoms. The quantitative estimate of drug-likeness (QED) is 0.393. The van der Waals surface area contributed by atoms with E-state index in [0.29, 0.717) is 0 Å². The number of aliphatic carboxylic acids is 1. The summed E-state index contributed by atoms with van der Waals surface area (Å²) in [4.78, 5) is 10.8. The summed E-state index contributed by atoms with van der Waals surface area (Å²) in [7, 11) is 0. The summed E-state index contributed by atoms with van der Waals surface area (Å²) in [6, 6.07) is 0. The van der Waals surface area contributed by atoms with Crippen molar-refractivity contribution in [1.29, 1.82) is 0 Å². The van der Waals surface area contributed by atoms with Crippen molar-refractivity contribution < 1.29 is 39.5 Å². The van der Waals surface area contributed by atoms with Gasteiger partial charge in [0, 0.05) is 5.97 Å². The average Bonchev–Trinajstić information content (AvgIpc) is 2.21. The molecule has 0 rings (SSSR count). The number of carbonyl (C=O) groups is 1. The fraction of sp³-hybridized carbons (Fsp3) is 0.923. The maximum atomic E-state index is 10.8. The predicted molar refractivity (Wildman–Crippen MR) is 61.4 cm³/mol. The van der Waals surface area contributed by atoms with Gasteiger partial charge in [-0.2, -0.15) is 0 Å². The summed E-state index contributed by atoms with van der Waals surface area (Å²) in [6.45, 7) is 4.30. The summed E-state index contributed by atoms with van der Waals surface area (Å²) < 4.78 is 0. The molecule has 0 aromatic heterocycles. The second-order valence-corrected chi connectivity index (χ2v) is 4.36. The monoisotopic (exact) mass is 236 g/mol. The Balaban J connectivity index is 0. The zero-order chi connectivity index (χ0) is 11.5. The van der Waals surface area contributed by atoms with Crippen molar-refractivity contribution in [2.45, 2.75) is 71.6 Å². The zero-order valence-corrected chi connectivity index (χ0v) is 13.3. The first kappa shape index (κ1) is 18.8. The minimum Gasteiger partial charge on any atom is -0.550 e. The van der Waals surface area contributed by atoms with E-state index in [1.165, 1.54) is 12.8 Å². The number of carboxylic acid groups (broad SMARTS) is 1. The summed E-state index contributed by atoms with van der Waals surface area (Å²) >= 11 is 0. The third-order valence-electron chi connectivity index (χ3n) is 2.90. The number of hydrogen-bond donors (Lipinski definition) is 0. The molecule has 2 nitrogen and oxygen atoms in total. The molecule has 90 valence electrons. The molecule has 0 heterocycles. The van der Waals surface area contributed by atoms with Crippen LogP contribution < -0.4 is 34.7 Å². The van der Waals surface area contributed by atoms with Gasteiger partial charge < -0.3 is 9.90 Å². The first-order chi connectivity index (χ1) is 7.22. The van der Waals surface area contributed by atoms with Gasteiger partial charge in [-0.25, -0.2) is 0 Å². The Hall–Kier alpha value is 0.470. The van der Waals surface area contributed by atoms with Gasteiger partial charge in [0.2, 0.25) is 0 Å². The molecular formula is C13H25NaO2. The zero-order valence-electron chi connectivity index (χ0n) is 11.3. The molecular weight excluding hydrogens is 211 g/mol. The van der Waals surface area contributed by atoms with E-state index >= 15 is 0 Å². The van der Waals surface area contributed by atoms with Crippen molar-refractivity contribution in [3.63, 3.8) is 0 Å². The molecule has 1 atom stereocenters. The van der Waals surface area contributed by atoms with E-state index in [0.717, 1.165) is 44.9 Å². The fourth-order valence-electron chi connectivity index (χ4n) is 1.84. The minimum absolute atomic E-state index is 0. The Labute approximate surface area is 122 Å². The Morgan fingerprint density at radius 3 is 1.81 bits per heavy atom. The largest absolute Gasteiger partial charge is 1.00 e. The molecule has 0 aliphatic rings. The van der Waals surface area contributed by atoms with Crippen LogP contribution in [0.15, 0.2) is 0 Å². The Kier molecular flexibility index (Phi) is 15.9. The second kappa shape index (κ2) is 13.5. The molecule has 0 saturated heterocycles. The summed E-state index contributed by atoms with van der Waals surface area (Å²) in [5.74, 6) is -1.05. The Bertz CT molecular complexity index is 160. The number of rotatable bonds is 10. The SMILES string of the molecule is CCCCCCC(CCCCC)C(=O)[O-].[Na+]. The standard InChI is InChI=1S/C13H26O2.Na/c1-3-5-7-9-11-12(13(14)15)10-8-6-4-2;/h12H,3-11H2,1-2H3,(H,14,15);/q;+1/p-1. The molecule has 0 aromatic carbocycles. The molecule has 0 N–H and O–H groups in total. The van der Waals surface area contributed by atoms with Gasteiger partial charge >= 0.3 is 29.6 Å². The summed E-state index contributed by atoms with van der Waals surface area (Å²) in [6.07, 6.45) is 9.55. The molecule has 0 saturated carbocycles. The van der Waals surface area contributed by atoms with Crippen LogP contribution in [0.1, 0.15) is 71.6 Å². The van der Waals surface area contributed by atoms with Crippen molar-refractivity contribution in [3.05, 3.63) is 0 Å². The van der Waals surface area contributed by atoms with Gasteiger partial charge in [-0.3, -0.25) is 0 Å². The predicted octanol–water partition coefficient (Wildman–Crippen LogP) is -0.0928. The van der Waals surface area contributed by atoms with Gasteiger partial charge in [-0.15, -0.1) is 0 Å². The number of hydrogen-bond acceptors (Lipinski definition) is 2. The molecule has 1 unspecified atom stereocenters. The van der Waals surface area contributed by atoms with Gasteiger partial charge in [-0.1, -0.05) is 58.8 Å². The summed E-state index contributed by atoms with van der Waals surface area (Å²) in [5, 5.41) is 10.8. The van der Waals surface area contributed by atoms with Gasteiger partial charge in [0.05, 0.1) is 0 Å². The second-order valence-electron chi connectivity index (χ2n) is 4.36. The minimum atomic E-state index is -0.845. The topological polar surface area (TPSA) is 40.1 Å². The number of unbranched alkanes of at least 4 members (excludes halogenated alkanes) is 5. The third-order valence-corrected chi connectivity index (χ3v) is 2.90. The Morgan fingerprint density at radius 2 is 1.38 bits per heavy atom. The van der Waals surface area contributed by atoms with Crippen LogP contribution in [0.5, 0.6) is 0 Å². The van der Waals surface area contributed by atoms with E-state index in [1.807, 2.05) is 0 Å². The number of carboxylic acids is 1. The molecule has 0 aliphatic carbocycles. The van der Waals surface area contributed by atoms with Crippen molar-refractivity contribution in [3.8, 4) is 0 Å². The van der Waals surface area contributed by atoms with Gasteiger partial charge in [0.1, 0.15) is 0 Å². The van der Waals surface area contributed by atoms with E-state index in [-0.39, 0.29) is 35.5 Å². The summed E-state index contributed by atoms with van der Waals surface area (Å²) in [5.41, 5.74) is 0. The smallest absolute Gasteiger partial charge is 0.550 e. The molecule has 3 heteroatoms. The van der Waals surface area contributed by atoms with Gasteiger partial charge in [-0.05, 0) is 18.8 Å². The van der Waals surface area contributed by atoms with Crippen LogP contribution in [-0.2, 0) is 4.79 Å². The van der Waals surface area contributed by atoms with E-state index in [4.69, 9.17) is 0 Å². The van der Waals surface area contributed by atoms with Crippen LogP contribution in [0.25, 0.3) is 0 Å². The van der Waals surface area contributed by atoms with E-state index in [9.17, 15) is 9.90 Å². The van der Waals surface area contributed by atoms with E-state index in [1.54, 1.807) is 0 Å². The molecule has 0 spiro atoms. The van der Waals surface area contributed by atoms with Gasteiger partial charge in [0.25, 0.3) is 0 Å². The van der Waals surface area contributed by atoms with Crippen LogP contribution in [0, 0.1) is 5.92 Å². The first-order valence-electron chi connectivity index (χ1n) is 6.43. The molecule has 0 radical (unpaired) electrons. The molecule has 0 bridgehead atoms. The first-order valence-corrected chi connectivity index (χ1v) is 6.43. The van der Waals surface area contributed by atoms with E-state index < -0.39 is 5.97 Å². The maximum Gasteiger partial charge on any atom is 1.00 e. The van der Waals surface area contributed by atoms with Crippen molar-refractivity contribution in [1.82, 2.24) is 0 Å².